The topological polar surface area (TPSA) is 98.5 Å². The first-order chi connectivity index (χ1) is 10.2. The minimum absolute atomic E-state index is 0.0618. The van der Waals surface area contributed by atoms with Crippen molar-refractivity contribution in [2.45, 2.75) is 6.54 Å². The molecule has 1 aliphatic rings. The minimum Gasteiger partial charge on any atom is -0.496 e. The van der Waals surface area contributed by atoms with Crippen LogP contribution in [0.4, 0.5) is 0 Å². The summed E-state index contributed by atoms with van der Waals surface area (Å²) < 4.78 is 10.8. The number of rotatable bonds is 5. The third-order valence-electron chi connectivity index (χ3n) is 3.18. The highest BCUT2D eigenvalue weighted by Gasteiger charge is 2.13. The Bertz CT molecular complexity index is 520. The van der Waals surface area contributed by atoms with Crippen molar-refractivity contribution in [3.8, 4) is 5.75 Å². The second-order valence-corrected chi connectivity index (χ2v) is 4.73. The maximum atomic E-state index is 5.41. The lowest BCUT2D eigenvalue weighted by atomic mass is 10.1. The van der Waals surface area contributed by atoms with Gasteiger partial charge in [0, 0.05) is 25.2 Å². The van der Waals surface area contributed by atoms with E-state index < -0.39 is 0 Å². The summed E-state index contributed by atoms with van der Waals surface area (Å²) in [4.78, 5) is 2.33. The molecule has 0 atom stereocenters. The van der Waals surface area contributed by atoms with Crippen LogP contribution in [0.2, 0.25) is 0 Å². The predicted molar refractivity (Wildman–Crippen MR) is 82.5 cm³/mol. The number of hydrogen-bond donors (Lipinski definition) is 2. The quantitative estimate of drug-likeness (QED) is 0.456. The normalized spacial score (nSPS) is 16.0. The summed E-state index contributed by atoms with van der Waals surface area (Å²) in [6, 6.07) is 5.86. The molecule has 0 bridgehead atoms. The highest BCUT2D eigenvalue weighted by molar-refractivity contribution is 5.82. The number of morpholine rings is 1. The van der Waals surface area contributed by atoms with Gasteiger partial charge >= 0.3 is 0 Å². The molecule has 0 aromatic heterocycles. The molecule has 1 aliphatic heterocycles. The molecular weight excluding hydrogens is 270 g/mol. The number of guanidine groups is 1. The summed E-state index contributed by atoms with van der Waals surface area (Å²) in [6.45, 7) is 4.21. The van der Waals surface area contributed by atoms with Crippen LogP contribution in [0, 0.1) is 0 Å². The Morgan fingerprint density at radius 3 is 2.81 bits per heavy atom. The van der Waals surface area contributed by atoms with Crippen LogP contribution in [0.5, 0.6) is 5.75 Å². The summed E-state index contributed by atoms with van der Waals surface area (Å²) in [5, 5.41) is 7.41. The fourth-order valence-corrected chi connectivity index (χ4v) is 2.16. The first kappa shape index (κ1) is 15.3. The maximum absolute atomic E-state index is 5.41. The van der Waals surface area contributed by atoms with Gasteiger partial charge in [-0.25, -0.2) is 0 Å². The average Bonchev–Trinajstić information content (AvgIpc) is 2.48. The number of ether oxygens (including phenoxy) is 2. The maximum Gasteiger partial charge on any atom is 0.211 e. The molecular formula is C14H21N5O2. The highest BCUT2D eigenvalue weighted by Crippen LogP contribution is 2.21. The molecule has 2 rings (SSSR count). The lowest BCUT2D eigenvalue weighted by molar-refractivity contribution is 0.0339. The molecule has 4 N–H and O–H groups in total. The zero-order chi connectivity index (χ0) is 15.1. The van der Waals surface area contributed by atoms with Crippen LogP contribution in [-0.4, -0.2) is 50.5 Å². The molecule has 0 unspecified atom stereocenters. The smallest absolute Gasteiger partial charge is 0.211 e. The molecule has 114 valence electrons. The number of benzene rings is 1. The van der Waals surface area contributed by atoms with E-state index >= 15 is 0 Å². The van der Waals surface area contributed by atoms with E-state index in [-0.39, 0.29) is 5.96 Å². The largest absolute Gasteiger partial charge is 0.496 e. The van der Waals surface area contributed by atoms with E-state index in [4.69, 9.17) is 20.9 Å². The van der Waals surface area contributed by atoms with Crippen molar-refractivity contribution in [2.75, 3.05) is 33.4 Å². The second-order valence-electron chi connectivity index (χ2n) is 4.73. The Morgan fingerprint density at radius 1 is 1.38 bits per heavy atom. The molecule has 0 radical (unpaired) electrons. The number of hydrogen-bond acceptors (Lipinski definition) is 5. The number of methoxy groups -OCH3 is 1. The van der Waals surface area contributed by atoms with Gasteiger partial charge in [-0.3, -0.25) is 4.90 Å². The molecule has 1 saturated heterocycles. The monoisotopic (exact) mass is 291 g/mol. The first-order valence-corrected chi connectivity index (χ1v) is 6.78. The van der Waals surface area contributed by atoms with Crippen LogP contribution in [0.1, 0.15) is 11.1 Å². The van der Waals surface area contributed by atoms with E-state index in [1.807, 2.05) is 18.2 Å². The summed E-state index contributed by atoms with van der Waals surface area (Å²) in [5.74, 6) is 0.800. The lowest BCUT2D eigenvalue weighted by Crippen LogP contribution is -2.35. The molecule has 0 saturated carbocycles. The van der Waals surface area contributed by atoms with Gasteiger partial charge in [0.2, 0.25) is 5.96 Å². The standard InChI is InChI=1S/C14H21N5O2/c1-20-13-3-2-11(9-17-18-14(15)16)8-12(13)10-19-4-6-21-7-5-19/h2-3,8-9H,4-7,10H2,1H3,(H4,15,16,18). The van der Waals surface area contributed by atoms with Gasteiger partial charge in [0.05, 0.1) is 26.5 Å². The molecule has 21 heavy (non-hydrogen) atoms. The van der Waals surface area contributed by atoms with E-state index in [1.54, 1.807) is 13.3 Å². The van der Waals surface area contributed by atoms with Crippen LogP contribution in [-0.2, 0) is 11.3 Å². The van der Waals surface area contributed by atoms with Gasteiger partial charge in [0.15, 0.2) is 0 Å². The Balaban J connectivity index is 2.13. The van der Waals surface area contributed by atoms with Crippen LogP contribution in [0.3, 0.4) is 0 Å². The van der Waals surface area contributed by atoms with Crippen molar-refractivity contribution >= 4 is 12.2 Å². The van der Waals surface area contributed by atoms with Crippen molar-refractivity contribution in [1.82, 2.24) is 4.90 Å². The second kappa shape index (κ2) is 7.61. The van der Waals surface area contributed by atoms with Crippen molar-refractivity contribution in [2.24, 2.45) is 21.7 Å². The molecule has 0 amide bonds. The molecule has 1 aromatic carbocycles. The fourth-order valence-electron chi connectivity index (χ4n) is 2.16. The van der Waals surface area contributed by atoms with Crippen molar-refractivity contribution in [1.29, 1.82) is 0 Å². The molecule has 7 heteroatoms. The van der Waals surface area contributed by atoms with Gasteiger partial charge in [-0.15, -0.1) is 5.10 Å². The summed E-state index contributed by atoms with van der Waals surface area (Å²) in [5.41, 5.74) is 12.5. The Kier molecular flexibility index (Phi) is 5.53. The number of nitrogens with two attached hydrogens (primary N) is 2. The molecule has 0 spiro atoms. The zero-order valence-electron chi connectivity index (χ0n) is 12.2. The molecule has 1 heterocycles. The Hall–Kier alpha value is -2.12. The molecule has 7 nitrogen and oxygen atoms in total. The van der Waals surface area contributed by atoms with Gasteiger partial charge in [-0.1, -0.05) is 0 Å². The van der Waals surface area contributed by atoms with Crippen LogP contribution in [0.15, 0.2) is 28.4 Å². The number of nitrogens with zero attached hydrogens (tertiary/aromatic N) is 3. The van der Waals surface area contributed by atoms with Crippen molar-refractivity contribution in [3.63, 3.8) is 0 Å². The molecule has 1 fully saturated rings. The SMILES string of the molecule is COc1ccc(C=NN=C(N)N)cc1CN1CCOCC1. The zero-order valence-corrected chi connectivity index (χ0v) is 12.2. The molecule has 0 aliphatic carbocycles. The Morgan fingerprint density at radius 2 is 2.14 bits per heavy atom. The van der Waals surface area contributed by atoms with E-state index in [0.29, 0.717) is 0 Å². The summed E-state index contributed by atoms with van der Waals surface area (Å²) >= 11 is 0. The minimum atomic E-state index is -0.0618. The summed E-state index contributed by atoms with van der Waals surface area (Å²) in [6.07, 6.45) is 1.61. The third-order valence-corrected chi connectivity index (χ3v) is 3.18. The lowest BCUT2D eigenvalue weighted by Gasteiger charge is -2.27. The van der Waals surface area contributed by atoms with Gasteiger partial charge in [0.25, 0.3) is 0 Å². The molecule has 1 aromatic rings. The predicted octanol–water partition coefficient (Wildman–Crippen LogP) is 0.135. The average molecular weight is 291 g/mol. The van der Waals surface area contributed by atoms with Crippen LogP contribution < -0.4 is 16.2 Å². The Labute approximate surface area is 124 Å². The van der Waals surface area contributed by atoms with Crippen molar-refractivity contribution in [3.05, 3.63) is 29.3 Å². The van der Waals surface area contributed by atoms with E-state index in [9.17, 15) is 0 Å². The third kappa shape index (κ3) is 4.73. The first-order valence-electron chi connectivity index (χ1n) is 6.78. The van der Waals surface area contributed by atoms with Gasteiger partial charge in [-0.2, -0.15) is 5.10 Å². The summed E-state index contributed by atoms with van der Waals surface area (Å²) in [7, 11) is 1.67. The van der Waals surface area contributed by atoms with Gasteiger partial charge in [0.1, 0.15) is 5.75 Å². The van der Waals surface area contributed by atoms with Crippen LogP contribution in [0.25, 0.3) is 0 Å². The fraction of sp³-hybridized carbons (Fsp3) is 0.429. The van der Waals surface area contributed by atoms with Crippen LogP contribution >= 0.6 is 0 Å². The van der Waals surface area contributed by atoms with E-state index in [2.05, 4.69) is 15.1 Å². The van der Waals surface area contributed by atoms with Gasteiger partial charge < -0.3 is 20.9 Å². The highest BCUT2D eigenvalue weighted by atomic mass is 16.5. The van der Waals surface area contributed by atoms with E-state index in [1.165, 1.54) is 0 Å². The van der Waals surface area contributed by atoms with Gasteiger partial charge in [-0.05, 0) is 23.8 Å². The van der Waals surface area contributed by atoms with E-state index in [0.717, 1.165) is 49.7 Å². The van der Waals surface area contributed by atoms with Crippen molar-refractivity contribution < 1.29 is 9.47 Å².